The minimum atomic E-state index is -4.39. The molecule has 5 nitrogen and oxygen atoms in total. The summed E-state index contributed by atoms with van der Waals surface area (Å²) in [6.07, 6.45) is -4.39. The van der Waals surface area contributed by atoms with E-state index in [1.54, 1.807) is 17.1 Å². The van der Waals surface area contributed by atoms with E-state index in [4.69, 9.17) is 10.2 Å². The highest BCUT2D eigenvalue weighted by Gasteiger charge is 2.32. The van der Waals surface area contributed by atoms with E-state index in [9.17, 15) is 17.6 Å². The predicted octanol–water partition coefficient (Wildman–Crippen LogP) is 5.91. The van der Waals surface area contributed by atoms with Crippen LogP contribution in [0.3, 0.4) is 0 Å². The van der Waals surface area contributed by atoms with E-state index in [0.717, 1.165) is 52.9 Å². The van der Waals surface area contributed by atoms with Gasteiger partial charge in [-0.2, -0.15) is 18.3 Å². The molecule has 3 aromatic rings. The second-order valence-corrected chi connectivity index (χ2v) is 9.46. The lowest BCUT2D eigenvalue weighted by Crippen LogP contribution is -2.34. The maximum atomic E-state index is 13.6. The van der Waals surface area contributed by atoms with Crippen LogP contribution in [-0.2, 0) is 6.18 Å². The van der Waals surface area contributed by atoms with Crippen molar-refractivity contribution in [3.63, 3.8) is 0 Å². The van der Waals surface area contributed by atoms with Crippen molar-refractivity contribution in [3.05, 3.63) is 101 Å². The lowest BCUT2D eigenvalue weighted by atomic mass is 9.91. The number of nitrogens with one attached hydrogen (secondary N) is 1. The van der Waals surface area contributed by atoms with Crippen molar-refractivity contribution < 1.29 is 17.6 Å². The van der Waals surface area contributed by atoms with Crippen molar-refractivity contribution in [3.8, 4) is 0 Å². The van der Waals surface area contributed by atoms with Crippen molar-refractivity contribution in [2.24, 2.45) is 15.2 Å². The molecular weight excluding hydrogens is 510 g/mol. The Bertz CT molecular complexity index is 1200. The number of guanidine groups is 1. The maximum Gasteiger partial charge on any atom is 0.416 e. The molecule has 0 radical (unpaired) electrons. The molecule has 0 bridgehead atoms. The fraction of sp³-hybridized carbons (Fsp3) is 0.200. The van der Waals surface area contributed by atoms with Gasteiger partial charge < -0.3 is 0 Å². The summed E-state index contributed by atoms with van der Waals surface area (Å²) >= 11 is 2.30. The Morgan fingerprint density at radius 2 is 1.72 bits per heavy atom. The molecule has 1 aliphatic heterocycles. The van der Waals surface area contributed by atoms with Crippen LogP contribution in [0.15, 0.2) is 93.9 Å². The molecule has 0 fully saturated rings. The van der Waals surface area contributed by atoms with Gasteiger partial charge in [0.2, 0.25) is 5.96 Å². The summed E-state index contributed by atoms with van der Waals surface area (Å²) < 4.78 is 55.4. The first-order valence-corrected chi connectivity index (χ1v) is 12.8. The number of hydrogen-bond donors (Lipinski definition) is 2. The van der Waals surface area contributed by atoms with Crippen LogP contribution in [0.5, 0.6) is 0 Å². The van der Waals surface area contributed by atoms with E-state index >= 15 is 0 Å². The summed E-state index contributed by atoms with van der Waals surface area (Å²) in [7, 11) is 0. The van der Waals surface area contributed by atoms with E-state index < -0.39 is 11.7 Å². The van der Waals surface area contributed by atoms with Gasteiger partial charge in [0.25, 0.3) is 0 Å². The summed E-state index contributed by atoms with van der Waals surface area (Å²) in [5, 5.41) is 12.1. The minimum absolute atomic E-state index is 0.0939. The smallest absolute Gasteiger partial charge is 0.295 e. The Kier molecular flexibility index (Phi) is 8.55. The van der Waals surface area contributed by atoms with Crippen LogP contribution in [0.4, 0.5) is 17.6 Å². The number of benzene rings is 3. The molecular formula is C25H23F4N5S2. The molecule has 188 valence electrons. The molecule has 1 unspecified atom stereocenters. The average Bonchev–Trinajstić information content (AvgIpc) is 3.32. The standard InChI is InChI=1S/C25H23F4N5S2/c26-20-10-6-18(7-11-20)23-22(17-4-2-1-3-5-17)16-34(32-23)24(31-14-15-35-30)33-36-21-12-8-19(9-13-21)25(27,28)29/h1-13,22H,14-16,30H2,(H,31,33). The third kappa shape index (κ3) is 6.59. The van der Waals surface area contributed by atoms with Crippen LogP contribution in [0.2, 0.25) is 0 Å². The van der Waals surface area contributed by atoms with Crippen LogP contribution in [0.25, 0.3) is 0 Å². The average molecular weight is 534 g/mol. The Balaban J connectivity index is 1.59. The largest absolute Gasteiger partial charge is 0.416 e. The Morgan fingerprint density at radius 1 is 1.03 bits per heavy atom. The Morgan fingerprint density at radius 3 is 2.36 bits per heavy atom. The number of halogens is 4. The third-order valence-electron chi connectivity index (χ3n) is 5.41. The molecule has 3 N–H and O–H groups in total. The molecule has 0 spiro atoms. The summed E-state index contributed by atoms with van der Waals surface area (Å²) in [4.78, 5) is 5.19. The van der Waals surface area contributed by atoms with Crippen molar-refractivity contribution in [1.29, 1.82) is 0 Å². The molecule has 0 amide bonds. The van der Waals surface area contributed by atoms with Gasteiger partial charge in [-0.15, -0.1) is 0 Å². The van der Waals surface area contributed by atoms with Crippen LogP contribution < -0.4 is 9.86 Å². The van der Waals surface area contributed by atoms with E-state index in [1.807, 2.05) is 30.3 Å². The highest BCUT2D eigenvalue weighted by atomic mass is 32.2. The number of aliphatic imine (C=N–C) groups is 1. The van der Waals surface area contributed by atoms with Crippen molar-refractivity contribution in [2.45, 2.75) is 17.0 Å². The molecule has 4 rings (SSSR count). The molecule has 0 aliphatic carbocycles. The van der Waals surface area contributed by atoms with Crippen LogP contribution in [-0.4, -0.2) is 35.5 Å². The molecule has 0 saturated carbocycles. The maximum absolute atomic E-state index is 13.6. The molecule has 0 saturated heterocycles. The van der Waals surface area contributed by atoms with Gasteiger partial charge in [-0.1, -0.05) is 54.4 Å². The molecule has 11 heteroatoms. The normalized spacial score (nSPS) is 16.2. The van der Waals surface area contributed by atoms with E-state index in [1.165, 1.54) is 24.3 Å². The molecule has 1 atom stereocenters. The fourth-order valence-corrected chi connectivity index (χ4v) is 4.50. The number of nitrogens with two attached hydrogens (primary N) is 1. The summed E-state index contributed by atoms with van der Waals surface area (Å²) in [5.74, 6) is 0.609. The quantitative estimate of drug-likeness (QED) is 0.130. The van der Waals surface area contributed by atoms with Gasteiger partial charge in [0, 0.05) is 16.6 Å². The topological polar surface area (TPSA) is 66.0 Å². The number of nitrogens with zero attached hydrogens (tertiary/aromatic N) is 3. The zero-order chi connectivity index (χ0) is 25.5. The molecule has 3 aromatic carbocycles. The second kappa shape index (κ2) is 11.8. The van der Waals surface area contributed by atoms with Gasteiger partial charge >= 0.3 is 6.18 Å². The van der Waals surface area contributed by atoms with E-state index in [2.05, 4.69) is 9.71 Å². The lowest BCUT2D eigenvalue weighted by Gasteiger charge is -2.19. The van der Waals surface area contributed by atoms with Crippen LogP contribution in [0, 0.1) is 5.82 Å². The van der Waals surface area contributed by atoms with Gasteiger partial charge in [0.05, 0.1) is 24.4 Å². The fourth-order valence-electron chi connectivity index (χ4n) is 3.65. The molecule has 1 aliphatic rings. The Labute approximate surface area is 215 Å². The first-order valence-electron chi connectivity index (χ1n) is 11.0. The van der Waals surface area contributed by atoms with E-state index in [0.29, 0.717) is 29.7 Å². The van der Waals surface area contributed by atoms with Gasteiger partial charge in [-0.3, -0.25) is 9.86 Å². The van der Waals surface area contributed by atoms with Gasteiger partial charge in [-0.05, 0) is 59.5 Å². The molecule has 36 heavy (non-hydrogen) atoms. The number of alkyl halides is 3. The molecule has 0 aromatic heterocycles. The first-order chi connectivity index (χ1) is 17.3. The summed E-state index contributed by atoms with van der Waals surface area (Å²) in [6, 6.07) is 20.9. The number of hydrazone groups is 1. The van der Waals surface area contributed by atoms with E-state index in [-0.39, 0.29) is 11.7 Å². The molecule has 1 heterocycles. The van der Waals surface area contributed by atoms with Crippen molar-refractivity contribution >= 4 is 35.6 Å². The van der Waals surface area contributed by atoms with Gasteiger partial charge in [0.1, 0.15) is 5.82 Å². The van der Waals surface area contributed by atoms with Crippen LogP contribution >= 0.6 is 23.9 Å². The highest BCUT2D eigenvalue weighted by Crippen LogP contribution is 2.31. The predicted molar refractivity (Wildman–Crippen MR) is 138 cm³/mol. The van der Waals surface area contributed by atoms with Crippen LogP contribution in [0.1, 0.15) is 22.6 Å². The first kappa shape index (κ1) is 26.1. The second-order valence-electron chi connectivity index (χ2n) is 7.84. The zero-order valence-electron chi connectivity index (χ0n) is 19.0. The minimum Gasteiger partial charge on any atom is -0.295 e. The SMILES string of the molecule is NSCCN=C(NSc1ccc(C(F)(F)F)cc1)N1CC(c2ccccc2)C(c2ccc(F)cc2)=N1. The van der Waals surface area contributed by atoms with Crippen molar-refractivity contribution in [2.75, 3.05) is 18.8 Å². The lowest BCUT2D eigenvalue weighted by molar-refractivity contribution is -0.137. The summed E-state index contributed by atoms with van der Waals surface area (Å²) in [5.41, 5.74) is 1.90. The monoisotopic (exact) mass is 533 g/mol. The van der Waals surface area contributed by atoms with Gasteiger partial charge in [0.15, 0.2) is 0 Å². The summed E-state index contributed by atoms with van der Waals surface area (Å²) in [6.45, 7) is 0.900. The highest BCUT2D eigenvalue weighted by molar-refractivity contribution is 7.98. The zero-order valence-corrected chi connectivity index (χ0v) is 20.6. The number of hydrogen-bond acceptors (Lipinski definition) is 5. The third-order valence-corrected chi connectivity index (χ3v) is 6.62. The van der Waals surface area contributed by atoms with Crippen molar-refractivity contribution in [1.82, 2.24) is 9.73 Å². The Hall–Kier alpha value is -3.02. The van der Waals surface area contributed by atoms with Gasteiger partial charge in [-0.25, -0.2) is 14.4 Å². The number of rotatable bonds is 7.